The van der Waals surface area contributed by atoms with Gasteiger partial charge in [0.15, 0.2) is 5.17 Å². The van der Waals surface area contributed by atoms with Crippen molar-refractivity contribution in [2.45, 2.75) is 19.4 Å². The summed E-state index contributed by atoms with van der Waals surface area (Å²) in [6, 6.07) is 0.0928. The van der Waals surface area contributed by atoms with Gasteiger partial charge in [-0.05, 0) is 6.92 Å². The molecule has 0 spiro atoms. The average Bonchev–Trinajstić information content (AvgIpc) is 2.53. The molecular weight excluding hydrogens is 182 g/mol. The summed E-state index contributed by atoms with van der Waals surface area (Å²) >= 11 is 1.29. The molecule has 2 nitrogen and oxygen atoms in total. The second-order valence-corrected chi connectivity index (χ2v) is 3.64. The van der Waals surface area contributed by atoms with Crippen LogP contribution in [0.3, 0.4) is 0 Å². The summed E-state index contributed by atoms with van der Waals surface area (Å²) in [5, 5.41) is 2.21. The topological polar surface area (TPSA) is 15.6 Å². The number of fused-ring (bicyclic) bond motifs is 1. The van der Waals surface area contributed by atoms with Crippen LogP contribution >= 0.6 is 11.8 Å². The van der Waals surface area contributed by atoms with Crippen LogP contribution in [-0.2, 0) is 0 Å². The summed E-state index contributed by atoms with van der Waals surface area (Å²) in [5.74, 6) is 0. The number of hydrogen-bond acceptors (Lipinski definition) is 3. The van der Waals surface area contributed by atoms with Crippen LogP contribution in [0, 0.1) is 0 Å². The van der Waals surface area contributed by atoms with Gasteiger partial charge in [0.1, 0.15) is 0 Å². The molecule has 1 unspecified atom stereocenters. The highest BCUT2D eigenvalue weighted by Crippen LogP contribution is 2.34. The van der Waals surface area contributed by atoms with Crippen LogP contribution in [0.1, 0.15) is 6.92 Å². The van der Waals surface area contributed by atoms with E-state index in [0.717, 1.165) is 5.17 Å². The lowest BCUT2D eigenvalue weighted by molar-refractivity contribution is 0.157. The van der Waals surface area contributed by atoms with Crippen LogP contribution in [0.2, 0.25) is 0 Å². The normalized spacial score (nSPS) is 27.7. The van der Waals surface area contributed by atoms with E-state index in [1.165, 1.54) is 17.2 Å². The van der Waals surface area contributed by atoms with Gasteiger partial charge in [-0.3, -0.25) is 4.99 Å². The van der Waals surface area contributed by atoms with Gasteiger partial charge in [0, 0.05) is 5.41 Å². The van der Waals surface area contributed by atoms with Crippen LogP contribution < -0.4 is 0 Å². The molecule has 66 valence electrons. The van der Waals surface area contributed by atoms with Crippen LogP contribution in [-0.4, -0.2) is 29.1 Å². The Hall–Kier alpha value is -0.580. The Morgan fingerprint density at radius 3 is 3.17 bits per heavy atom. The van der Waals surface area contributed by atoms with Gasteiger partial charge in [-0.1, -0.05) is 11.8 Å². The molecule has 1 atom stereocenters. The van der Waals surface area contributed by atoms with Gasteiger partial charge in [0.05, 0.1) is 18.3 Å². The molecule has 0 aromatic carbocycles. The zero-order valence-electron chi connectivity index (χ0n) is 6.50. The SMILES string of the molecule is CC1CN=C2SC=C(C(F)F)N21. The smallest absolute Gasteiger partial charge is 0.279 e. The summed E-state index contributed by atoms with van der Waals surface area (Å²) in [6.45, 7) is 2.53. The highest BCUT2D eigenvalue weighted by atomic mass is 32.2. The van der Waals surface area contributed by atoms with Crippen molar-refractivity contribution in [3.05, 3.63) is 11.1 Å². The van der Waals surface area contributed by atoms with E-state index in [2.05, 4.69) is 4.99 Å². The molecule has 2 aliphatic rings. The second kappa shape index (κ2) is 2.73. The van der Waals surface area contributed by atoms with Gasteiger partial charge >= 0.3 is 0 Å². The fourth-order valence-electron chi connectivity index (χ4n) is 1.34. The van der Waals surface area contributed by atoms with E-state index >= 15 is 0 Å². The third-order valence-corrected chi connectivity index (χ3v) is 2.82. The zero-order valence-corrected chi connectivity index (χ0v) is 7.31. The molecule has 2 rings (SSSR count). The van der Waals surface area contributed by atoms with Gasteiger partial charge in [-0.2, -0.15) is 0 Å². The molecule has 0 aliphatic carbocycles. The Morgan fingerprint density at radius 1 is 1.75 bits per heavy atom. The molecule has 0 saturated heterocycles. The van der Waals surface area contributed by atoms with E-state index < -0.39 is 6.43 Å². The van der Waals surface area contributed by atoms with Gasteiger partial charge in [0.25, 0.3) is 6.43 Å². The minimum absolute atomic E-state index is 0.0928. The lowest BCUT2D eigenvalue weighted by atomic mass is 10.3. The van der Waals surface area contributed by atoms with Gasteiger partial charge in [0.2, 0.25) is 0 Å². The molecule has 0 bridgehead atoms. The van der Waals surface area contributed by atoms with Crippen molar-refractivity contribution in [3.8, 4) is 0 Å². The highest BCUT2D eigenvalue weighted by Gasteiger charge is 2.35. The van der Waals surface area contributed by atoms with Crippen molar-refractivity contribution < 1.29 is 8.78 Å². The maximum Gasteiger partial charge on any atom is 0.279 e. The first-order valence-corrected chi connectivity index (χ1v) is 4.56. The summed E-state index contributed by atoms with van der Waals surface area (Å²) in [6.07, 6.45) is -2.38. The van der Waals surface area contributed by atoms with Crippen LogP contribution in [0.5, 0.6) is 0 Å². The molecular formula is C7H8F2N2S. The molecule has 12 heavy (non-hydrogen) atoms. The van der Waals surface area contributed by atoms with Crippen molar-refractivity contribution in [2.75, 3.05) is 6.54 Å². The van der Waals surface area contributed by atoms with E-state index in [1.54, 1.807) is 4.90 Å². The molecule has 0 radical (unpaired) electrons. The summed E-state index contributed by atoms with van der Waals surface area (Å²) in [7, 11) is 0. The molecule has 5 heteroatoms. The largest absolute Gasteiger partial charge is 0.314 e. The first kappa shape index (κ1) is 8.04. The minimum Gasteiger partial charge on any atom is -0.314 e. The number of thioether (sulfide) groups is 1. The van der Waals surface area contributed by atoms with Crippen LogP contribution in [0.15, 0.2) is 16.1 Å². The zero-order chi connectivity index (χ0) is 8.72. The number of hydrogen-bond donors (Lipinski definition) is 0. The predicted octanol–water partition coefficient (Wildman–Crippen LogP) is 1.90. The molecule has 2 heterocycles. The van der Waals surface area contributed by atoms with Crippen LogP contribution in [0.4, 0.5) is 8.78 Å². The molecule has 0 amide bonds. The van der Waals surface area contributed by atoms with Crippen molar-refractivity contribution in [3.63, 3.8) is 0 Å². The first-order valence-electron chi connectivity index (χ1n) is 3.68. The first-order chi connectivity index (χ1) is 5.70. The molecule has 0 aromatic rings. The Kier molecular flexibility index (Phi) is 1.83. The van der Waals surface area contributed by atoms with E-state index in [0.29, 0.717) is 6.54 Å². The summed E-state index contributed by atoms with van der Waals surface area (Å²) < 4.78 is 24.7. The number of amidine groups is 1. The molecule has 0 saturated carbocycles. The highest BCUT2D eigenvalue weighted by molar-refractivity contribution is 8.16. The standard InChI is InChI=1S/C7H8F2N2S/c1-4-2-10-7-11(4)5(3-12-7)6(8)9/h3-4,6H,2H2,1H3. The van der Waals surface area contributed by atoms with Crippen molar-refractivity contribution in [1.29, 1.82) is 0 Å². The maximum absolute atomic E-state index is 12.4. The summed E-state index contributed by atoms with van der Waals surface area (Å²) in [4.78, 5) is 5.75. The number of nitrogens with zero attached hydrogens (tertiary/aromatic N) is 2. The monoisotopic (exact) mass is 190 g/mol. The number of halogens is 2. The third kappa shape index (κ3) is 1.03. The number of rotatable bonds is 1. The Balaban J connectivity index is 2.24. The quantitative estimate of drug-likeness (QED) is 0.627. The van der Waals surface area contributed by atoms with Crippen molar-refractivity contribution >= 4 is 16.9 Å². The Morgan fingerprint density at radius 2 is 2.50 bits per heavy atom. The lowest BCUT2D eigenvalue weighted by Crippen LogP contribution is -2.31. The van der Waals surface area contributed by atoms with Gasteiger partial charge in [-0.15, -0.1) is 0 Å². The van der Waals surface area contributed by atoms with Gasteiger partial charge < -0.3 is 4.90 Å². The fourth-order valence-corrected chi connectivity index (χ4v) is 2.33. The number of alkyl halides is 2. The Labute approximate surface area is 73.3 Å². The third-order valence-electron chi connectivity index (χ3n) is 1.92. The fraction of sp³-hybridized carbons (Fsp3) is 0.571. The maximum atomic E-state index is 12.4. The second-order valence-electron chi connectivity index (χ2n) is 2.80. The minimum atomic E-state index is -2.38. The lowest BCUT2D eigenvalue weighted by Gasteiger charge is -2.21. The van der Waals surface area contributed by atoms with Crippen molar-refractivity contribution in [2.24, 2.45) is 4.99 Å². The van der Waals surface area contributed by atoms with E-state index in [1.807, 2.05) is 6.92 Å². The average molecular weight is 190 g/mol. The Bertz CT molecular complexity index is 262. The molecule has 0 fully saturated rings. The number of allylic oxidation sites excluding steroid dienone is 1. The van der Waals surface area contributed by atoms with Crippen LogP contribution in [0.25, 0.3) is 0 Å². The molecule has 0 aromatic heterocycles. The van der Waals surface area contributed by atoms with E-state index in [4.69, 9.17) is 0 Å². The van der Waals surface area contributed by atoms with E-state index in [-0.39, 0.29) is 11.7 Å². The predicted molar refractivity (Wildman–Crippen MR) is 45.3 cm³/mol. The summed E-state index contributed by atoms with van der Waals surface area (Å²) in [5.41, 5.74) is 0.101. The van der Waals surface area contributed by atoms with Crippen molar-refractivity contribution in [1.82, 2.24) is 4.90 Å². The molecule has 2 aliphatic heterocycles. The van der Waals surface area contributed by atoms with E-state index in [9.17, 15) is 8.78 Å². The van der Waals surface area contributed by atoms with Gasteiger partial charge in [-0.25, -0.2) is 8.78 Å². The molecule has 0 N–H and O–H groups in total. The number of aliphatic imine (C=N–C) groups is 1.